The van der Waals surface area contributed by atoms with Crippen LogP contribution in [0.15, 0.2) is 24.3 Å². The van der Waals surface area contributed by atoms with Crippen LogP contribution in [-0.4, -0.2) is 52.0 Å². The lowest BCUT2D eigenvalue weighted by atomic mass is 10.0. The summed E-state index contributed by atoms with van der Waals surface area (Å²) in [6, 6.07) is 9.19. The summed E-state index contributed by atoms with van der Waals surface area (Å²) in [5.41, 5.74) is 8.49. The van der Waals surface area contributed by atoms with E-state index in [-0.39, 0.29) is 5.95 Å². The first-order chi connectivity index (χ1) is 11.5. The van der Waals surface area contributed by atoms with Gasteiger partial charge in [-0.25, -0.2) is 0 Å². The molecule has 1 aromatic heterocycles. The first kappa shape index (κ1) is 17.0. The number of anilines is 2. The van der Waals surface area contributed by atoms with Crippen LogP contribution in [0.5, 0.6) is 0 Å². The van der Waals surface area contributed by atoms with E-state index < -0.39 is 0 Å². The van der Waals surface area contributed by atoms with Crippen LogP contribution in [0, 0.1) is 6.92 Å². The van der Waals surface area contributed by atoms with Crippen molar-refractivity contribution >= 4 is 23.7 Å². The van der Waals surface area contributed by atoms with E-state index in [0.29, 0.717) is 18.5 Å². The van der Waals surface area contributed by atoms with Gasteiger partial charge in [-0.3, -0.25) is 4.90 Å². The van der Waals surface area contributed by atoms with E-state index in [1.807, 2.05) is 30.8 Å². The number of rotatable bonds is 4. The van der Waals surface area contributed by atoms with Gasteiger partial charge in [0.05, 0.1) is 6.54 Å². The summed E-state index contributed by atoms with van der Waals surface area (Å²) < 4.78 is 0. The first-order valence-corrected chi connectivity index (χ1v) is 9.24. The molecule has 2 aromatic rings. The van der Waals surface area contributed by atoms with Crippen molar-refractivity contribution in [1.82, 2.24) is 19.9 Å². The summed E-state index contributed by atoms with van der Waals surface area (Å²) in [5.74, 6) is 3.83. The van der Waals surface area contributed by atoms with Gasteiger partial charge in [0.1, 0.15) is 5.82 Å². The SMILES string of the molecule is Cc1ccc([C@@H]2CSCCN2Cc2nc(N)nc(N(C)C)n2)cc1. The lowest BCUT2D eigenvalue weighted by Gasteiger charge is -2.35. The lowest BCUT2D eigenvalue weighted by Crippen LogP contribution is -2.36. The highest BCUT2D eigenvalue weighted by molar-refractivity contribution is 7.99. The maximum Gasteiger partial charge on any atom is 0.229 e. The Kier molecular flexibility index (Phi) is 5.20. The van der Waals surface area contributed by atoms with Gasteiger partial charge in [-0.05, 0) is 12.5 Å². The van der Waals surface area contributed by atoms with Crippen molar-refractivity contribution in [3.8, 4) is 0 Å². The third-order valence-electron chi connectivity index (χ3n) is 4.13. The number of nitrogens with two attached hydrogens (primary N) is 1. The van der Waals surface area contributed by atoms with Crippen LogP contribution in [-0.2, 0) is 6.54 Å². The summed E-state index contributed by atoms with van der Waals surface area (Å²) in [6.45, 7) is 3.83. The highest BCUT2D eigenvalue weighted by atomic mass is 32.2. The van der Waals surface area contributed by atoms with Crippen molar-refractivity contribution in [3.05, 3.63) is 41.2 Å². The third-order valence-corrected chi connectivity index (χ3v) is 5.16. The number of thioether (sulfide) groups is 1. The average Bonchev–Trinajstić information content (AvgIpc) is 2.56. The maximum absolute atomic E-state index is 5.85. The minimum Gasteiger partial charge on any atom is -0.368 e. The second-order valence-corrected chi connectivity index (χ2v) is 7.43. The molecule has 1 aliphatic heterocycles. The average molecular weight is 344 g/mol. The minimum absolute atomic E-state index is 0.280. The lowest BCUT2D eigenvalue weighted by molar-refractivity contribution is 0.206. The zero-order valence-corrected chi connectivity index (χ0v) is 15.3. The Bertz CT molecular complexity index is 688. The van der Waals surface area contributed by atoms with Gasteiger partial charge in [-0.2, -0.15) is 26.7 Å². The molecular weight excluding hydrogens is 320 g/mol. The monoisotopic (exact) mass is 344 g/mol. The molecule has 2 heterocycles. The fourth-order valence-electron chi connectivity index (χ4n) is 2.80. The number of hydrogen-bond donors (Lipinski definition) is 1. The van der Waals surface area contributed by atoms with E-state index in [0.717, 1.165) is 23.9 Å². The molecule has 7 heteroatoms. The van der Waals surface area contributed by atoms with Crippen molar-refractivity contribution in [2.24, 2.45) is 0 Å². The van der Waals surface area contributed by atoms with E-state index in [1.54, 1.807) is 0 Å². The summed E-state index contributed by atoms with van der Waals surface area (Å²) in [6.07, 6.45) is 0. The van der Waals surface area contributed by atoms with E-state index in [4.69, 9.17) is 5.73 Å². The number of benzene rings is 1. The molecule has 0 radical (unpaired) electrons. The van der Waals surface area contributed by atoms with Crippen LogP contribution in [0.25, 0.3) is 0 Å². The van der Waals surface area contributed by atoms with E-state index >= 15 is 0 Å². The Hall–Kier alpha value is -1.86. The van der Waals surface area contributed by atoms with Gasteiger partial charge < -0.3 is 10.6 Å². The van der Waals surface area contributed by atoms with Crippen molar-refractivity contribution in [2.45, 2.75) is 19.5 Å². The molecule has 0 bridgehead atoms. The van der Waals surface area contributed by atoms with E-state index in [2.05, 4.69) is 51.0 Å². The predicted molar refractivity (Wildman–Crippen MR) is 100 cm³/mol. The first-order valence-electron chi connectivity index (χ1n) is 8.09. The number of hydrogen-bond acceptors (Lipinski definition) is 7. The zero-order chi connectivity index (χ0) is 17.1. The fraction of sp³-hybridized carbons (Fsp3) is 0.471. The van der Waals surface area contributed by atoms with Gasteiger partial charge in [0, 0.05) is 38.2 Å². The Morgan fingerprint density at radius 1 is 1.21 bits per heavy atom. The topological polar surface area (TPSA) is 71.2 Å². The van der Waals surface area contributed by atoms with Crippen LogP contribution in [0.3, 0.4) is 0 Å². The third kappa shape index (κ3) is 3.96. The molecule has 6 nitrogen and oxygen atoms in total. The maximum atomic E-state index is 5.85. The number of aryl methyl sites for hydroxylation is 1. The molecule has 1 fully saturated rings. The molecule has 0 aliphatic carbocycles. The molecule has 1 aromatic carbocycles. The van der Waals surface area contributed by atoms with Crippen LogP contribution in [0.1, 0.15) is 23.0 Å². The summed E-state index contributed by atoms with van der Waals surface area (Å²) in [7, 11) is 3.82. The van der Waals surface area contributed by atoms with Crippen molar-refractivity contribution in [1.29, 1.82) is 0 Å². The van der Waals surface area contributed by atoms with Gasteiger partial charge in [0.25, 0.3) is 0 Å². The van der Waals surface area contributed by atoms with Crippen molar-refractivity contribution < 1.29 is 0 Å². The van der Waals surface area contributed by atoms with Crippen LogP contribution >= 0.6 is 11.8 Å². The van der Waals surface area contributed by atoms with Crippen LogP contribution < -0.4 is 10.6 Å². The minimum atomic E-state index is 0.280. The molecule has 0 saturated carbocycles. The smallest absolute Gasteiger partial charge is 0.229 e. The number of nitrogens with zero attached hydrogens (tertiary/aromatic N) is 5. The molecule has 0 spiro atoms. The quantitative estimate of drug-likeness (QED) is 0.911. The molecule has 3 rings (SSSR count). The standard InChI is InChI=1S/C17H24N6S/c1-12-4-6-13(7-5-12)14-11-24-9-8-23(14)10-15-19-16(18)21-17(20-15)22(2)3/h4-7,14H,8-11H2,1-3H3,(H2,18,19,20,21)/t14-/m0/s1. The second-order valence-electron chi connectivity index (χ2n) is 6.28. The van der Waals surface area contributed by atoms with Gasteiger partial charge >= 0.3 is 0 Å². The fourth-order valence-corrected chi connectivity index (χ4v) is 3.96. The molecule has 1 saturated heterocycles. The predicted octanol–water partition coefficient (Wildman–Crippen LogP) is 2.12. The molecule has 2 N–H and O–H groups in total. The molecular formula is C17H24N6S. The molecule has 24 heavy (non-hydrogen) atoms. The molecule has 128 valence electrons. The van der Waals surface area contributed by atoms with Crippen molar-refractivity contribution in [3.63, 3.8) is 0 Å². The number of nitrogen functional groups attached to an aromatic ring is 1. The van der Waals surface area contributed by atoms with Crippen LogP contribution in [0.2, 0.25) is 0 Å². The Labute approximate surface area is 147 Å². The Morgan fingerprint density at radius 3 is 2.67 bits per heavy atom. The largest absolute Gasteiger partial charge is 0.368 e. The summed E-state index contributed by atoms with van der Waals surface area (Å²) >= 11 is 2.00. The number of aromatic nitrogens is 3. The van der Waals surface area contributed by atoms with Gasteiger partial charge in [0.2, 0.25) is 11.9 Å². The Balaban J connectivity index is 1.82. The van der Waals surface area contributed by atoms with E-state index in [1.165, 1.54) is 11.1 Å². The Morgan fingerprint density at radius 2 is 1.96 bits per heavy atom. The summed E-state index contributed by atoms with van der Waals surface area (Å²) in [5, 5.41) is 0. The van der Waals surface area contributed by atoms with Crippen molar-refractivity contribution in [2.75, 3.05) is 42.8 Å². The van der Waals surface area contributed by atoms with Gasteiger partial charge in [-0.15, -0.1) is 0 Å². The molecule has 1 atom stereocenters. The highest BCUT2D eigenvalue weighted by Gasteiger charge is 2.25. The second kappa shape index (κ2) is 7.36. The normalized spacial score (nSPS) is 18.5. The van der Waals surface area contributed by atoms with Gasteiger partial charge in [-0.1, -0.05) is 29.8 Å². The molecule has 0 unspecified atom stereocenters. The van der Waals surface area contributed by atoms with Crippen LogP contribution in [0.4, 0.5) is 11.9 Å². The highest BCUT2D eigenvalue weighted by Crippen LogP contribution is 2.30. The molecule has 1 aliphatic rings. The van der Waals surface area contributed by atoms with Gasteiger partial charge in [0.15, 0.2) is 0 Å². The summed E-state index contributed by atoms with van der Waals surface area (Å²) in [4.78, 5) is 17.3. The molecule has 0 amide bonds. The zero-order valence-electron chi connectivity index (χ0n) is 14.4. The van der Waals surface area contributed by atoms with E-state index in [9.17, 15) is 0 Å².